The maximum absolute atomic E-state index is 11.5. The highest BCUT2D eigenvalue weighted by molar-refractivity contribution is 14.1. The summed E-state index contributed by atoms with van der Waals surface area (Å²) in [7, 11) is 0. The third kappa shape index (κ3) is 1.18. The molecule has 2 heteroatoms. The summed E-state index contributed by atoms with van der Waals surface area (Å²) in [6, 6.07) is 6.14. The molecule has 0 aromatic heterocycles. The topological polar surface area (TPSA) is 17.1 Å². The van der Waals surface area contributed by atoms with Crippen LogP contribution in [0.15, 0.2) is 18.2 Å². The van der Waals surface area contributed by atoms with Gasteiger partial charge in [-0.15, -0.1) is 0 Å². The smallest absolute Gasteiger partial charge is 0.176 e. The molecule has 2 rings (SSSR count). The van der Waals surface area contributed by atoms with E-state index in [1.807, 2.05) is 13.0 Å². The molecule has 0 saturated carbocycles. The molecule has 1 atom stereocenters. The van der Waals surface area contributed by atoms with E-state index in [-0.39, 0.29) is 3.92 Å². The summed E-state index contributed by atoms with van der Waals surface area (Å²) >= 11 is 2.22. The summed E-state index contributed by atoms with van der Waals surface area (Å²) < 4.78 is 0.166. The molecule has 0 N–H and O–H groups in total. The zero-order chi connectivity index (χ0) is 8.72. The van der Waals surface area contributed by atoms with E-state index in [9.17, 15) is 4.79 Å². The molecule has 12 heavy (non-hydrogen) atoms. The number of aryl methyl sites for hydroxylation is 1. The first-order chi connectivity index (χ1) is 5.68. The average molecular weight is 272 g/mol. The van der Waals surface area contributed by atoms with Crippen LogP contribution in [0.2, 0.25) is 0 Å². The normalized spacial score (nSPS) is 21.2. The number of alkyl halides is 1. The Kier molecular flexibility index (Phi) is 1.94. The maximum Gasteiger partial charge on any atom is 0.176 e. The van der Waals surface area contributed by atoms with Gasteiger partial charge in [0.05, 0.1) is 3.92 Å². The van der Waals surface area contributed by atoms with E-state index in [2.05, 4.69) is 34.7 Å². The molecule has 0 aliphatic heterocycles. The van der Waals surface area contributed by atoms with E-state index in [4.69, 9.17) is 0 Å². The Hall–Kier alpha value is -0.380. The van der Waals surface area contributed by atoms with Gasteiger partial charge >= 0.3 is 0 Å². The zero-order valence-corrected chi connectivity index (χ0v) is 8.96. The van der Waals surface area contributed by atoms with E-state index in [1.54, 1.807) is 0 Å². The Bertz CT molecular complexity index is 344. The van der Waals surface area contributed by atoms with E-state index in [0.29, 0.717) is 5.78 Å². The minimum Gasteiger partial charge on any atom is -0.293 e. The number of hydrogen-bond donors (Lipinski definition) is 0. The van der Waals surface area contributed by atoms with Crippen LogP contribution in [0, 0.1) is 6.92 Å². The molecule has 1 aliphatic rings. The van der Waals surface area contributed by atoms with E-state index >= 15 is 0 Å². The fourth-order valence-electron chi connectivity index (χ4n) is 1.55. The van der Waals surface area contributed by atoms with Crippen molar-refractivity contribution in [2.75, 3.05) is 0 Å². The summed E-state index contributed by atoms with van der Waals surface area (Å²) in [5, 5.41) is 0. The first-order valence-corrected chi connectivity index (χ1v) is 5.21. The molecule has 1 aliphatic carbocycles. The lowest BCUT2D eigenvalue weighted by Gasteiger charge is -1.97. The number of rotatable bonds is 0. The van der Waals surface area contributed by atoms with Crippen molar-refractivity contribution in [3.8, 4) is 0 Å². The van der Waals surface area contributed by atoms with Crippen LogP contribution in [0.25, 0.3) is 0 Å². The van der Waals surface area contributed by atoms with Gasteiger partial charge in [0.2, 0.25) is 0 Å². The second kappa shape index (κ2) is 2.83. The van der Waals surface area contributed by atoms with Crippen molar-refractivity contribution in [2.24, 2.45) is 0 Å². The fraction of sp³-hybridized carbons (Fsp3) is 0.300. The van der Waals surface area contributed by atoms with Crippen LogP contribution in [-0.2, 0) is 6.42 Å². The Morgan fingerprint density at radius 3 is 3.00 bits per heavy atom. The lowest BCUT2D eigenvalue weighted by molar-refractivity contribution is 0.100. The summed E-state index contributed by atoms with van der Waals surface area (Å²) in [6.45, 7) is 2.02. The van der Waals surface area contributed by atoms with Crippen molar-refractivity contribution >= 4 is 28.4 Å². The SMILES string of the molecule is Cc1ccc2c(c1)C(=O)C(I)C2. The minimum absolute atomic E-state index is 0.166. The number of fused-ring (bicyclic) bond motifs is 1. The average Bonchev–Trinajstić information content (AvgIpc) is 2.31. The molecule has 0 fully saturated rings. The fourth-order valence-corrected chi connectivity index (χ4v) is 2.36. The van der Waals surface area contributed by atoms with Crippen LogP contribution in [-0.4, -0.2) is 9.71 Å². The third-order valence-electron chi connectivity index (χ3n) is 2.21. The largest absolute Gasteiger partial charge is 0.293 e. The van der Waals surface area contributed by atoms with Gasteiger partial charge in [0.25, 0.3) is 0 Å². The predicted molar refractivity (Wildman–Crippen MR) is 57.0 cm³/mol. The molecule has 0 amide bonds. The molecule has 0 radical (unpaired) electrons. The van der Waals surface area contributed by atoms with Gasteiger partial charge in [-0.2, -0.15) is 0 Å². The number of halogens is 1. The number of carbonyl (C=O) groups is 1. The Labute approximate surface area is 85.3 Å². The van der Waals surface area contributed by atoms with Gasteiger partial charge in [-0.1, -0.05) is 40.3 Å². The van der Waals surface area contributed by atoms with Crippen LogP contribution >= 0.6 is 22.6 Å². The van der Waals surface area contributed by atoms with Gasteiger partial charge in [-0.3, -0.25) is 4.79 Å². The van der Waals surface area contributed by atoms with Crippen molar-refractivity contribution < 1.29 is 4.79 Å². The van der Waals surface area contributed by atoms with Crippen LogP contribution in [0.5, 0.6) is 0 Å². The number of benzene rings is 1. The van der Waals surface area contributed by atoms with Crippen molar-refractivity contribution in [2.45, 2.75) is 17.3 Å². The summed E-state index contributed by atoms with van der Waals surface area (Å²) in [5.41, 5.74) is 3.33. The highest BCUT2D eigenvalue weighted by Crippen LogP contribution is 2.27. The van der Waals surface area contributed by atoms with E-state index in [0.717, 1.165) is 12.0 Å². The van der Waals surface area contributed by atoms with Crippen LogP contribution in [0.3, 0.4) is 0 Å². The molecule has 0 spiro atoms. The van der Waals surface area contributed by atoms with Gasteiger partial charge in [-0.25, -0.2) is 0 Å². The Morgan fingerprint density at radius 2 is 2.25 bits per heavy atom. The molecular weight excluding hydrogens is 263 g/mol. The second-order valence-corrected chi connectivity index (χ2v) is 4.70. The zero-order valence-electron chi connectivity index (χ0n) is 6.80. The van der Waals surface area contributed by atoms with Crippen LogP contribution in [0.1, 0.15) is 21.5 Å². The summed E-state index contributed by atoms with van der Waals surface area (Å²) in [6.07, 6.45) is 0.912. The van der Waals surface area contributed by atoms with Crippen LogP contribution < -0.4 is 0 Å². The maximum atomic E-state index is 11.5. The first-order valence-electron chi connectivity index (χ1n) is 3.96. The molecule has 0 saturated heterocycles. The molecule has 0 bridgehead atoms. The van der Waals surface area contributed by atoms with Gasteiger partial charge in [0.15, 0.2) is 5.78 Å². The van der Waals surface area contributed by atoms with Crippen molar-refractivity contribution in [1.29, 1.82) is 0 Å². The lowest BCUT2D eigenvalue weighted by atomic mass is 10.1. The number of carbonyl (C=O) groups excluding carboxylic acids is 1. The molecular formula is C10H9IO. The molecule has 1 nitrogen and oxygen atoms in total. The van der Waals surface area contributed by atoms with Crippen molar-refractivity contribution in [3.63, 3.8) is 0 Å². The third-order valence-corrected chi connectivity index (χ3v) is 3.22. The summed E-state index contributed by atoms with van der Waals surface area (Å²) in [5.74, 6) is 0.300. The highest BCUT2D eigenvalue weighted by atomic mass is 127. The Morgan fingerprint density at radius 1 is 1.50 bits per heavy atom. The first kappa shape index (κ1) is 8.23. The molecule has 1 unspecified atom stereocenters. The predicted octanol–water partition coefficient (Wildman–Crippen LogP) is 2.54. The van der Waals surface area contributed by atoms with Gasteiger partial charge in [-0.05, 0) is 25.0 Å². The minimum atomic E-state index is 0.166. The van der Waals surface area contributed by atoms with Crippen molar-refractivity contribution in [3.05, 3.63) is 34.9 Å². The molecule has 1 aromatic carbocycles. The Balaban J connectivity index is 2.56. The quantitative estimate of drug-likeness (QED) is 0.524. The molecule has 0 heterocycles. The van der Waals surface area contributed by atoms with Gasteiger partial charge in [0.1, 0.15) is 0 Å². The molecule has 1 aromatic rings. The highest BCUT2D eigenvalue weighted by Gasteiger charge is 2.27. The summed E-state index contributed by atoms with van der Waals surface area (Å²) in [4.78, 5) is 11.5. The standard InChI is InChI=1S/C10H9IO/c1-6-2-3-7-5-9(11)10(12)8(7)4-6/h2-4,9H,5H2,1H3. The van der Waals surface area contributed by atoms with E-state index in [1.165, 1.54) is 11.1 Å². The van der Waals surface area contributed by atoms with E-state index < -0.39 is 0 Å². The lowest BCUT2D eigenvalue weighted by Crippen LogP contribution is -2.05. The van der Waals surface area contributed by atoms with Gasteiger partial charge < -0.3 is 0 Å². The van der Waals surface area contributed by atoms with Gasteiger partial charge in [0, 0.05) is 5.56 Å². The number of ketones is 1. The second-order valence-electron chi connectivity index (χ2n) is 3.20. The molecule has 62 valence electrons. The monoisotopic (exact) mass is 272 g/mol. The van der Waals surface area contributed by atoms with Crippen LogP contribution in [0.4, 0.5) is 0 Å². The van der Waals surface area contributed by atoms with Crippen molar-refractivity contribution in [1.82, 2.24) is 0 Å². The number of Topliss-reactive ketones (excluding diaryl/α,β-unsaturated/α-hetero) is 1. The number of hydrogen-bond acceptors (Lipinski definition) is 1.